The Labute approximate surface area is 167 Å². The molecule has 3 rings (SSSR count). The molecule has 0 unspecified atom stereocenters. The van der Waals surface area contributed by atoms with Crippen LogP contribution in [0.4, 0.5) is 0 Å². The first kappa shape index (κ1) is 20.0. The highest BCUT2D eigenvalue weighted by molar-refractivity contribution is 7.89. The van der Waals surface area contributed by atoms with Crippen LogP contribution in [0.5, 0.6) is 0 Å². The topological polar surface area (TPSA) is 105 Å². The Balaban J connectivity index is 1.71. The van der Waals surface area contributed by atoms with Crippen molar-refractivity contribution in [1.82, 2.24) is 19.8 Å². The fourth-order valence-electron chi connectivity index (χ4n) is 2.30. The van der Waals surface area contributed by atoms with Crippen LogP contribution in [-0.4, -0.2) is 42.9 Å². The van der Waals surface area contributed by atoms with Crippen molar-refractivity contribution in [2.24, 2.45) is 0 Å². The lowest BCUT2D eigenvalue weighted by atomic mass is 10.2. The minimum atomic E-state index is -3.53. The van der Waals surface area contributed by atoms with E-state index >= 15 is 0 Å². The fraction of sp³-hybridized carbons (Fsp3) is 0.167. The van der Waals surface area contributed by atoms with Crippen molar-refractivity contribution in [3.63, 3.8) is 0 Å². The third-order valence-corrected chi connectivity index (χ3v) is 6.09. The molecule has 1 heterocycles. The number of carbonyl (C=O) groups excluding carboxylic acids is 1. The lowest BCUT2D eigenvalue weighted by Crippen LogP contribution is -2.23. The monoisotopic (exact) mass is 420 g/mol. The summed E-state index contributed by atoms with van der Waals surface area (Å²) in [6.45, 7) is 0.216. The summed E-state index contributed by atoms with van der Waals surface area (Å²) >= 11 is 6.05. The molecule has 2 aromatic carbocycles. The van der Waals surface area contributed by atoms with Crippen molar-refractivity contribution in [2.75, 3.05) is 14.1 Å². The molecular weight excluding hydrogens is 404 g/mol. The standard InChI is InChI=1S/C18H17ClN4O4S/c1-23(2)28(25,26)14-9-7-12(8-10-14)17-21-22-18(27-17)16(24)20-11-13-5-3-4-6-15(13)19/h3-10H,11H2,1-2H3,(H,20,24). The molecule has 8 nitrogen and oxygen atoms in total. The Bertz CT molecular complexity index is 1090. The molecule has 0 radical (unpaired) electrons. The average molecular weight is 421 g/mol. The summed E-state index contributed by atoms with van der Waals surface area (Å²) < 4.78 is 30.7. The Morgan fingerprint density at radius 1 is 1.11 bits per heavy atom. The van der Waals surface area contributed by atoms with Gasteiger partial charge in [0, 0.05) is 31.2 Å². The maximum absolute atomic E-state index is 12.2. The second-order valence-electron chi connectivity index (χ2n) is 6.00. The Morgan fingerprint density at radius 3 is 2.43 bits per heavy atom. The van der Waals surface area contributed by atoms with Gasteiger partial charge in [-0.15, -0.1) is 10.2 Å². The predicted molar refractivity (Wildman–Crippen MR) is 103 cm³/mol. The molecule has 0 atom stereocenters. The van der Waals surface area contributed by atoms with E-state index in [1.807, 2.05) is 6.07 Å². The molecular formula is C18H17ClN4O4S. The predicted octanol–water partition coefficient (Wildman–Crippen LogP) is 2.57. The van der Waals surface area contributed by atoms with Crippen LogP contribution in [0.3, 0.4) is 0 Å². The van der Waals surface area contributed by atoms with Gasteiger partial charge in [-0.05, 0) is 35.9 Å². The molecule has 1 aromatic heterocycles. The summed E-state index contributed by atoms with van der Waals surface area (Å²) in [4.78, 5) is 12.3. The molecule has 0 aliphatic rings. The van der Waals surface area contributed by atoms with Crippen LogP contribution in [0.15, 0.2) is 57.8 Å². The van der Waals surface area contributed by atoms with Gasteiger partial charge in [0.15, 0.2) is 0 Å². The number of sulfonamides is 1. The highest BCUT2D eigenvalue weighted by Gasteiger charge is 2.19. The SMILES string of the molecule is CN(C)S(=O)(=O)c1ccc(-c2nnc(C(=O)NCc3ccccc3Cl)o2)cc1. The van der Waals surface area contributed by atoms with E-state index in [2.05, 4.69) is 15.5 Å². The summed E-state index contributed by atoms with van der Waals surface area (Å²) in [7, 11) is -0.623. The highest BCUT2D eigenvalue weighted by Crippen LogP contribution is 2.21. The van der Waals surface area contributed by atoms with E-state index < -0.39 is 15.9 Å². The average Bonchev–Trinajstić information content (AvgIpc) is 3.17. The van der Waals surface area contributed by atoms with Crippen LogP contribution in [0, 0.1) is 0 Å². The molecule has 28 heavy (non-hydrogen) atoms. The van der Waals surface area contributed by atoms with Crippen molar-refractivity contribution in [3.05, 3.63) is 65.0 Å². The molecule has 0 saturated carbocycles. The van der Waals surface area contributed by atoms with Crippen molar-refractivity contribution < 1.29 is 17.6 Å². The van der Waals surface area contributed by atoms with E-state index in [4.69, 9.17) is 16.0 Å². The van der Waals surface area contributed by atoms with Gasteiger partial charge >= 0.3 is 11.8 Å². The van der Waals surface area contributed by atoms with Crippen LogP contribution in [-0.2, 0) is 16.6 Å². The maximum Gasteiger partial charge on any atom is 0.309 e. The Kier molecular flexibility index (Phi) is 5.78. The van der Waals surface area contributed by atoms with Crippen molar-refractivity contribution in [1.29, 1.82) is 0 Å². The second kappa shape index (κ2) is 8.09. The van der Waals surface area contributed by atoms with E-state index in [-0.39, 0.29) is 23.2 Å². The van der Waals surface area contributed by atoms with Gasteiger partial charge in [-0.3, -0.25) is 4.79 Å². The van der Waals surface area contributed by atoms with Crippen LogP contribution < -0.4 is 5.32 Å². The van der Waals surface area contributed by atoms with Gasteiger partial charge in [0.2, 0.25) is 15.9 Å². The second-order valence-corrected chi connectivity index (χ2v) is 8.56. The number of nitrogens with zero attached hydrogens (tertiary/aromatic N) is 3. The van der Waals surface area contributed by atoms with Crippen LogP contribution in [0.2, 0.25) is 5.02 Å². The highest BCUT2D eigenvalue weighted by atomic mass is 35.5. The van der Waals surface area contributed by atoms with Gasteiger partial charge in [0.05, 0.1) is 4.90 Å². The minimum absolute atomic E-state index is 0.108. The normalized spacial score (nSPS) is 11.6. The first-order valence-electron chi connectivity index (χ1n) is 8.17. The number of amides is 1. The molecule has 0 bridgehead atoms. The molecule has 0 fully saturated rings. The minimum Gasteiger partial charge on any atom is -0.412 e. The van der Waals surface area contributed by atoms with E-state index in [1.165, 1.54) is 38.4 Å². The van der Waals surface area contributed by atoms with E-state index in [1.54, 1.807) is 18.2 Å². The lowest BCUT2D eigenvalue weighted by Gasteiger charge is -2.11. The summed E-state index contributed by atoms with van der Waals surface area (Å²) in [6, 6.07) is 13.1. The summed E-state index contributed by atoms with van der Waals surface area (Å²) in [5.41, 5.74) is 1.25. The molecule has 0 saturated heterocycles. The third-order valence-electron chi connectivity index (χ3n) is 3.90. The van der Waals surface area contributed by atoms with Gasteiger partial charge in [0.1, 0.15) is 0 Å². The molecule has 146 valence electrons. The first-order valence-corrected chi connectivity index (χ1v) is 9.99. The van der Waals surface area contributed by atoms with Crippen molar-refractivity contribution in [2.45, 2.75) is 11.4 Å². The van der Waals surface area contributed by atoms with E-state index in [0.717, 1.165) is 9.87 Å². The Morgan fingerprint density at radius 2 is 1.79 bits per heavy atom. The van der Waals surface area contributed by atoms with Crippen LogP contribution >= 0.6 is 11.6 Å². The zero-order valence-electron chi connectivity index (χ0n) is 15.1. The lowest BCUT2D eigenvalue weighted by molar-refractivity contribution is 0.0917. The van der Waals surface area contributed by atoms with Gasteiger partial charge in [-0.1, -0.05) is 29.8 Å². The van der Waals surface area contributed by atoms with E-state index in [9.17, 15) is 13.2 Å². The number of carbonyl (C=O) groups is 1. The van der Waals surface area contributed by atoms with Crippen LogP contribution in [0.1, 0.15) is 16.2 Å². The third kappa shape index (κ3) is 4.22. The first-order chi connectivity index (χ1) is 13.3. The number of aromatic nitrogens is 2. The zero-order valence-corrected chi connectivity index (χ0v) is 16.7. The molecule has 3 aromatic rings. The van der Waals surface area contributed by atoms with Gasteiger partial charge in [0.25, 0.3) is 0 Å². The number of rotatable bonds is 6. The maximum atomic E-state index is 12.2. The molecule has 0 aliphatic carbocycles. The number of hydrogen-bond acceptors (Lipinski definition) is 6. The van der Waals surface area contributed by atoms with Gasteiger partial charge < -0.3 is 9.73 Å². The zero-order chi connectivity index (χ0) is 20.3. The summed E-state index contributed by atoms with van der Waals surface area (Å²) in [6.07, 6.45) is 0. The summed E-state index contributed by atoms with van der Waals surface area (Å²) in [5.74, 6) is -0.630. The molecule has 10 heteroatoms. The summed E-state index contributed by atoms with van der Waals surface area (Å²) in [5, 5.41) is 10.8. The molecule has 1 amide bonds. The van der Waals surface area contributed by atoms with Crippen LogP contribution in [0.25, 0.3) is 11.5 Å². The fourth-order valence-corrected chi connectivity index (χ4v) is 3.41. The number of hydrogen-bond donors (Lipinski definition) is 1. The number of nitrogens with one attached hydrogen (secondary N) is 1. The smallest absolute Gasteiger partial charge is 0.309 e. The van der Waals surface area contributed by atoms with Crippen molar-refractivity contribution >= 4 is 27.5 Å². The largest absolute Gasteiger partial charge is 0.412 e. The number of halogens is 1. The Hall–Kier alpha value is -2.75. The van der Waals surface area contributed by atoms with Gasteiger partial charge in [-0.25, -0.2) is 12.7 Å². The van der Waals surface area contributed by atoms with Gasteiger partial charge in [-0.2, -0.15) is 0 Å². The molecule has 1 N–H and O–H groups in total. The quantitative estimate of drug-likeness (QED) is 0.657. The van der Waals surface area contributed by atoms with Crippen molar-refractivity contribution in [3.8, 4) is 11.5 Å². The van der Waals surface area contributed by atoms with E-state index in [0.29, 0.717) is 10.6 Å². The molecule has 0 aliphatic heterocycles. The molecule has 0 spiro atoms. The number of benzene rings is 2.